The molecule has 0 spiro atoms. The standard InChI is InChI=1S/C18H25N3O9/c1-5-6-7-20-14(25)8-19-21(18(20)26)17-16(29-12(4)24)15(28-11(3)23)13(30-17)9-27-10(2)22/h8,13,15-17H,5-7,9H2,1-4H3/t13-,15-,16-,17-/m1/s1. The Hall–Kier alpha value is -3.02. The molecule has 1 saturated heterocycles. The van der Waals surface area contributed by atoms with Crippen LogP contribution in [0.1, 0.15) is 46.8 Å². The van der Waals surface area contributed by atoms with Gasteiger partial charge in [0.15, 0.2) is 18.4 Å². The average Bonchev–Trinajstić information content (AvgIpc) is 2.96. The molecule has 166 valence electrons. The minimum Gasteiger partial charge on any atom is -0.463 e. The Morgan fingerprint density at radius 1 is 1.07 bits per heavy atom. The first-order chi connectivity index (χ1) is 14.1. The van der Waals surface area contributed by atoms with Crippen LogP contribution in [0.2, 0.25) is 0 Å². The zero-order valence-corrected chi connectivity index (χ0v) is 17.2. The third-order valence-electron chi connectivity index (χ3n) is 4.30. The Kier molecular flexibility index (Phi) is 7.86. The lowest BCUT2D eigenvalue weighted by Crippen LogP contribution is -2.46. The quantitative estimate of drug-likeness (QED) is 0.394. The lowest BCUT2D eigenvalue weighted by molar-refractivity contribution is -0.166. The molecule has 0 N–H and O–H groups in total. The van der Waals surface area contributed by atoms with Gasteiger partial charge in [-0.2, -0.15) is 9.78 Å². The number of nitrogens with zero attached hydrogens (tertiary/aromatic N) is 3. The molecule has 0 saturated carbocycles. The third-order valence-corrected chi connectivity index (χ3v) is 4.30. The highest BCUT2D eigenvalue weighted by Crippen LogP contribution is 2.33. The van der Waals surface area contributed by atoms with Gasteiger partial charge in [-0.15, -0.1) is 0 Å². The summed E-state index contributed by atoms with van der Waals surface area (Å²) in [7, 11) is 0. The topological polar surface area (TPSA) is 145 Å². The van der Waals surface area contributed by atoms with Crippen molar-refractivity contribution >= 4 is 17.9 Å². The van der Waals surface area contributed by atoms with Gasteiger partial charge in [-0.3, -0.25) is 23.7 Å². The smallest absolute Gasteiger partial charge is 0.350 e. The van der Waals surface area contributed by atoms with E-state index in [1.54, 1.807) is 0 Å². The second kappa shape index (κ2) is 10.1. The monoisotopic (exact) mass is 427 g/mol. The van der Waals surface area contributed by atoms with Crippen LogP contribution in [0.15, 0.2) is 15.8 Å². The number of hydrogen-bond acceptors (Lipinski definition) is 10. The van der Waals surface area contributed by atoms with Crippen LogP contribution < -0.4 is 11.2 Å². The van der Waals surface area contributed by atoms with Crippen molar-refractivity contribution in [2.45, 2.75) is 71.6 Å². The molecular weight excluding hydrogens is 402 g/mol. The summed E-state index contributed by atoms with van der Waals surface area (Å²) in [5.41, 5.74) is -1.35. The van der Waals surface area contributed by atoms with E-state index in [0.717, 1.165) is 35.7 Å². The molecule has 2 heterocycles. The Bertz CT molecular complexity index is 907. The molecule has 30 heavy (non-hydrogen) atoms. The summed E-state index contributed by atoms with van der Waals surface area (Å²) in [6.45, 7) is 5.24. The van der Waals surface area contributed by atoms with Gasteiger partial charge in [0.25, 0.3) is 5.56 Å². The molecule has 1 aliphatic rings. The molecule has 2 rings (SSSR count). The molecule has 12 heteroatoms. The fraction of sp³-hybridized carbons (Fsp3) is 0.667. The van der Waals surface area contributed by atoms with Crippen molar-refractivity contribution < 1.29 is 33.3 Å². The maximum atomic E-state index is 12.9. The Balaban J connectivity index is 2.48. The predicted molar refractivity (Wildman–Crippen MR) is 99.3 cm³/mol. The van der Waals surface area contributed by atoms with Crippen LogP contribution in [-0.2, 0) is 39.9 Å². The number of carbonyl (C=O) groups is 3. The Morgan fingerprint density at radius 3 is 2.27 bits per heavy atom. The van der Waals surface area contributed by atoms with Gasteiger partial charge in [0.1, 0.15) is 18.9 Å². The molecule has 0 amide bonds. The molecule has 4 atom stereocenters. The van der Waals surface area contributed by atoms with Crippen LogP contribution in [-0.4, -0.2) is 57.2 Å². The number of rotatable bonds is 8. The summed E-state index contributed by atoms with van der Waals surface area (Å²) in [6.07, 6.45) is -2.47. The van der Waals surface area contributed by atoms with Crippen LogP contribution in [0.3, 0.4) is 0 Å². The van der Waals surface area contributed by atoms with E-state index in [9.17, 15) is 24.0 Å². The second-order valence-corrected chi connectivity index (χ2v) is 6.73. The van der Waals surface area contributed by atoms with Crippen molar-refractivity contribution in [1.82, 2.24) is 14.3 Å². The van der Waals surface area contributed by atoms with Crippen molar-refractivity contribution in [3.8, 4) is 0 Å². The zero-order valence-electron chi connectivity index (χ0n) is 17.2. The summed E-state index contributed by atoms with van der Waals surface area (Å²) in [5, 5.41) is 3.84. The number of hydrogen-bond donors (Lipinski definition) is 0. The summed E-state index contributed by atoms with van der Waals surface area (Å²) < 4.78 is 23.1. The van der Waals surface area contributed by atoms with Gasteiger partial charge in [-0.1, -0.05) is 13.3 Å². The van der Waals surface area contributed by atoms with E-state index < -0.39 is 53.7 Å². The van der Waals surface area contributed by atoms with Crippen molar-refractivity contribution in [2.24, 2.45) is 0 Å². The van der Waals surface area contributed by atoms with Crippen LogP contribution >= 0.6 is 0 Å². The molecule has 0 aliphatic carbocycles. The summed E-state index contributed by atoms with van der Waals surface area (Å²) >= 11 is 0. The van der Waals surface area contributed by atoms with E-state index >= 15 is 0 Å². The van der Waals surface area contributed by atoms with E-state index in [4.69, 9.17) is 18.9 Å². The maximum absolute atomic E-state index is 12.9. The van der Waals surface area contributed by atoms with Crippen LogP contribution in [0.5, 0.6) is 0 Å². The molecule has 0 unspecified atom stereocenters. The normalized spacial score (nSPS) is 23.1. The first-order valence-electron chi connectivity index (χ1n) is 9.47. The first kappa shape index (κ1) is 23.3. The van der Waals surface area contributed by atoms with E-state index in [1.807, 2.05) is 6.92 Å². The second-order valence-electron chi connectivity index (χ2n) is 6.73. The van der Waals surface area contributed by atoms with E-state index in [-0.39, 0.29) is 13.2 Å². The molecule has 0 radical (unpaired) electrons. The fourth-order valence-electron chi connectivity index (χ4n) is 3.03. The number of ether oxygens (including phenoxy) is 4. The van der Waals surface area contributed by atoms with E-state index in [1.165, 1.54) is 6.92 Å². The Labute approximate surface area is 171 Å². The van der Waals surface area contributed by atoms with Gasteiger partial charge in [0.05, 0.1) is 0 Å². The van der Waals surface area contributed by atoms with Crippen LogP contribution in [0.4, 0.5) is 0 Å². The molecule has 1 fully saturated rings. The third kappa shape index (κ3) is 5.53. The number of carbonyl (C=O) groups excluding carboxylic acids is 3. The average molecular weight is 427 g/mol. The molecule has 1 aromatic rings. The summed E-state index contributed by atoms with van der Waals surface area (Å²) in [5.74, 6) is -2.01. The van der Waals surface area contributed by atoms with Crippen molar-refractivity contribution in [1.29, 1.82) is 0 Å². The fourth-order valence-corrected chi connectivity index (χ4v) is 3.03. The number of esters is 3. The highest BCUT2D eigenvalue weighted by atomic mass is 16.7. The van der Waals surface area contributed by atoms with Crippen LogP contribution in [0, 0.1) is 0 Å². The van der Waals surface area contributed by atoms with Gasteiger partial charge in [0, 0.05) is 27.3 Å². The Morgan fingerprint density at radius 2 is 1.70 bits per heavy atom. The highest BCUT2D eigenvalue weighted by Gasteiger charge is 2.51. The highest BCUT2D eigenvalue weighted by molar-refractivity contribution is 5.67. The molecule has 0 bridgehead atoms. The van der Waals surface area contributed by atoms with Gasteiger partial charge < -0.3 is 18.9 Å². The predicted octanol–water partition coefficient (Wildman–Crippen LogP) is -0.471. The lowest BCUT2D eigenvalue weighted by atomic mass is 10.1. The molecule has 0 aromatic carbocycles. The van der Waals surface area contributed by atoms with Crippen molar-refractivity contribution in [2.75, 3.05) is 6.61 Å². The van der Waals surface area contributed by atoms with Crippen LogP contribution in [0.25, 0.3) is 0 Å². The first-order valence-corrected chi connectivity index (χ1v) is 9.47. The van der Waals surface area contributed by atoms with Gasteiger partial charge in [-0.05, 0) is 6.42 Å². The lowest BCUT2D eigenvalue weighted by Gasteiger charge is -2.23. The largest absolute Gasteiger partial charge is 0.463 e. The summed E-state index contributed by atoms with van der Waals surface area (Å²) in [6, 6.07) is 0. The molecular formula is C18H25N3O9. The minimum atomic E-state index is -1.31. The van der Waals surface area contributed by atoms with Gasteiger partial charge in [0.2, 0.25) is 0 Å². The van der Waals surface area contributed by atoms with E-state index in [2.05, 4.69) is 5.10 Å². The number of unbranched alkanes of at least 4 members (excludes halogenated alkanes) is 1. The van der Waals surface area contributed by atoms with Crippen molar-refractivity contribution in [3.63, 3.8) is 0 Å². The van der Waals surface area contributed by atoms with Gasteiger partial charge >= 0.3 is 23.6 Å². The maximum Gasteiger partial charge on any atom is 0.350 e. The summed E-state index contributed by atoms with van der Waals surface area (Å²) in [4.78, 5) is 59.4. The SMILES string of the molecule is CCCCn1c(=O)cnn([C@@H]2O[C@H](COC(C)=O)[C@@H](OC(C)=O)[C@H]2OC(C)=O)c1=O. The zero-order chi connectivity index (χ0) is 22.4. The molecule has 1 aliphatic heterocycles. The minimum absolute atomic E-state index is 0.173. The molecule has 1 aromatic heterocycles. The van der Waals surface area contributed by atoms with E-state index in [0.29, 0.717) is 6.42 Å². The molecule has 12 nitrogen and oxygen atoms in total. The van der Waals surface area contributed by atoms with Crippen molar-refractivity contribution in [3.05, 3.63) is 27.0 Å². The number of aromatic nitrogens is 3. The van der Waals surface area contributed by atoms with Gasteiger partial charge in [-0.25, -0.2) is 4.79 Å².